The number of carbonyl (C=O) groups is 1. The van der Waals surface area contributed by atoms with Crippen LogP contribution < -0.4 is 0 Å². The molecule has 26 heavy (non-hydrogen) atoms. The van der Waals surface area contributed by atoms with E-state index in [0.717, 1.165) is 30.4 Å². The van der Waals surface area contributed by atoms with Crippen molar-refractivity contribution in [1.82, 2.24) is 4.90 Å². The smallest absolute Gasteiger partial charge is 0.336 e. The summed E-state index contributed by atoms with van der Waals surface area (Å²) in [5.74, 6) is -0.375. The molecule has 2 bridgehead atoms. The molecule has 2 fully saturated rings. The average molecular weight is 370 g/mol. The lowest BCUT2D eigenvalue weighted by atomic mass is 9.90. The van der Waals surface area contributed by atoms with Crippen molar-refractivity contribution in [3.05, 3.63) is 71.8 Å². The molecule has 0 unspecified atom stereocenters. The van der Waals surface area contributed by atoms with Crippen molar-refractivity contribution < 1.29 is 9.53 Å². The maximum absolute atomic E-state index is 13.3. The van der Waals surface area contributed by atoms with E-state index >= 15 is 0 Å². The van der Waals surface area contributed by atoms with Crippen LogP contribution in [0.1, 0.15) is 36.8 Å². The second-order valence-corrected chi connectivity index (χ2v) is 7.94. The fraction of sp³-hybridized carbons (Fsp3) is 0.409. The molecule has 3 nitrogen and oxygen atoms in total. The van der Waals surface area contributed by atoms with E-state index in [2.05, 4.69) is 11.9 Å². The molecule has 0 amide bonds. The second kappa shape index (κ2) is 7.05. The van der Waals surface area contributed by atoms with Gasteiger partial charge in [-0.25, -0.2) is 4.79 Å². The van der Waals surface area contributed by atoms with Gasteiger partial charge >= 0.3 is 5.97 Å². The summed E-state index contributed by atoms with van der Waals surface area (Å²) >= 11 is 7.01. The van der Waals surface area contributed by atoms with Crippen LogP contribution in [0.4, 0.5) is 0 Å². The topological polar surface area (TPSA) is 29.5 Å². The molecule has 2 aliphatic rings. The molecular weight excluding hydrogens is 346 g/mol. The Balaban J connectivity index is 1.65. The van der Waals surface area contributed by atoms with Crippen LogP contribution in [0.25, 0.3) is 0 Å². The fourth-order valence-electron chi connectivity index (χ4n) is 4.48. The van der Waals surface area contributed by atoms with Crippen LogP contribution >= 0.6 is 11.6 Å². The second-order valence-electron chi connectivity index (χ2n) is 7.38. The number of likely N-dealkylation sites (N-methyl/N-ethyl adjacent to an activating group) is 1. The van der Waals surface area contributed by atoms with Crippen molar-refractivity contribution in [3.63, 3.8) is 0 Å². The van der Waals surface area contributed by atoms with Gasteiger partial charge in [0.05, 0.1) is 0 Å². The summed E-state index contributed by atoms with van der Waals surface area (Å²) in [4.78, 5) is 14.4. The number of nitrogens with zero attached hydrogens (tertiary/aromatic N) is 1. The lowest BCUT2D eigenvalue weighted by Gasteiger charge is -2.38. The Morgan fingerprint density at radius 3 is 2.08 bits per heavy atom. The normalized spacial score (nSPS) is 25.8. The molecular formula is C22H24ClNO2. The Morgan fingerprint density at radius 1 is 0.962 bits per heavy atom. The van der Waals surface area contributed by atoms with Crippen LogP contribution in [0.2, 0.25) is 0 Å². The zero-order valence-electron chi connectivity index (χ0n) is 15.0. The molecule has 3 atom stereocenters. The minimum absolute atomic E-state index is 0.0863. The minimum atomic E-state index is -1.32. The maximum Gasteiger partial charge on any atom is 0.336 e. The average Bonchev–Trinajstić information content (AvgIpc) is 2.92. The van der Waals surface area contributed by atoms with Crippen molar-refractivity contribution in [3.8, 4) is 0 Å². The van der Waals surface area contributed by atoms with E-state index in [1.807, 2.05) is 60.7 Å². The third-order valence-electron chi connectivity index (χ3n) is 5.99. The number of alkyl halides is 1. The van der Waals surface area contributed by atoms with Crippen LogP contribution in [0.5, 0.6) is 0 Å². The molecule has 136 valence electrons. The van der Waals surface area contributed by atoms with Gasteiger partial charge in [-0.2, -0.15) is 0 Å². The number of benzene rings is 2. The molecule has 0 saturated carbocycles. The molecule has 0 aliphatic carbocycles. The first-order valence-electron chi connectivity index (χ1n) is 9.33. The molecule has 2 saturated heterocycles. The highest BCUT2D eigenvalue weighted by atomic mass is 35.5. The van der Waals surface area contributed by atoms with E-state index in [1.54, 1.807) is 0 Å². The van der Waals surface area contributed by atoms with Crippen molar-refractivity contribution in [2.45, 2.75) is 48.7 Å². The molecule has 2 aliphatic heterocycles. The first-order chi connectivity index (χ1) is 12.6. The highest BCUT2D eigenvalue weighted by molar-refractivity contribution is 6.36. The number of hydrogen-bond acceptors (Lipinski definition) is 3. The Kier molecular flexibility index (Phi) is 4.76. The summed E-state index contributed by atoms with van der Waals surface area (Å²) in [5.41, 5.74) is 1.48. The number of ether oxygens (including phenoxy) is 1. The molecule has 0 radical (unpaired) electrons. The number of hydrogen-bond donors (Lipinski definition) is 0. The van der Waals surface area contributed by atoms with E-state index < -0.39 is 4.87 Å². The summed E-state index contributed by atoms with van der Waals surface area (Å²) in [6.45, 7) is 0. The number of rotatable bonds is 4. The Labute approximate surface area is 159 Å². The molecule has 2 heterocycles. The maximum atomic E-state index is 13.3. The lowest BCUT2D eigenvalue weighted by molar-refractivity contribution is -0.156. The number of halogens is 1. The molecule has 0 spiro atoms. The SMILES string of the molecule is CN1[C@@H]2CC[C@H](OC(=O)C(Cl)(c3ccccc3)c3ccccc3)[C@H]1CC2. The highest BCUT2D eigenvalue weighted by Gasteiger charge is 2.47. The van der Waals surface area contributed by atoms with Crippen molar-refractivity contribution in [1.29, 1.82) is 0 Å². The van der Waals surface area contributed by atoms with Crippen LogP contribution in [0.15, 0.2) is 60.7 Å². The standard InChI is InChI=1S/C22H24ClNO2/c1-24-18-12-14-19(24)20(15-13-18)26-21(25)22(23,16-8-4-2-5-9-16)17-10-6-3-7-11-17/h2-11,18-20H,12-15H2,1H3/t18-,19+,20-/m0/s1. The van der Waals surface area contributed by atoms with E-state index in [-0.39, 0.29) is 12.1 Å². The summed E-state index contributed by atoms with van der Waals surface area (Å²) in [6, 6.07) is 20.0. The van der Waals surface area contributed by atoms with Crippen LogP contribution in [0, 0.1) is 0 Å². The summed E-state index contributed by atoms with van der Waals surface area (Å²) < 4.78 is 6.05. The van der Waals surface area contributed by atoms with Crippen molar-refractivity contribution >= 4 is 17.6 Å². The van der Waals surface area contributed by atoms with Gasteiger partial charge in [0.2, 0.25) is 0 Å². The Bertz CT molecular complexity index is 725. The van der Waals surface area contributed by atoms with Gasteiger partial charge in [-0.1, -0.05) is 72.3 Å². The third kappa shape index (κ3) is 2.93. The predicted molar refractivity (Wildman–Crippen MR) is 103 cm³/mol. The van der Waals surface area contributed by atoms with E-state index in [0.29, 0.717) is 12.1 Å². The van der Waals surface area contributed by atoms with Crippen LogP contribution in [-0.2, 0) is 14.4 Å². The third-order valence-corrected chi connectivity index (χ3v) is 6.58. The molecule has 0 aromatic heterocycles. The zero-order valence-corrected chi connectivity index (χ0v) is 15.7. The van der Waals surface area contributed by atoms with E-state index in [9.17, 15) is 4.79 Å². The molecule has 0 N–H and O–H groups in total. The number of fused-ring (bicyclic) bond motifs is 2. The van der Waals surface area contributed by atoms with E-state index in [1.165, 1.54) is 6.42 Å². The monoisotopic (exact) mass is 369 g/mol. The van der Waals surface area contributed by atoms with Gasteiger partial charge in [-0.3, -0.25) is 4.90 Å². The minimum Gasteiger partial charge on any atom is -0.459 e. The predicted octanol–water partition coefficient (Wildman–Crippen LogP) is 4.34. The largest absolute Gasteiger partial charge is 0.459 e. The number of carbonyl (C=O) groups excluding carboxylic acids is 1. The molecule has 4 rings (SSSR count). The van der Waals surface area contributed by atoms with Gasteiger partial charge in [0.15, 0.2) is 4.87 Å². The van der Waals surface area contributed by atoms with Gasteiger partial charge < -0.3 is 4.74 Å². The summed E-state index contributed by atoms with van der Waals surface area (Å²) in [6.07, 6.45) is 4.19. The van der Waals surface area contributed by atoms with Gasteiger partial charge in [-0.15, -0.1) is 0 Å². The summed E-state index contributed by atoms with van der Waals surface area (Å²) in [5, 5.41) is 0. The molecule has 2 aromatic carbocycles. The Morgan fingerprint density at radius 2 is 1.50 bits per heavy atom. The quantitative estimate of drug-likeness (QED) is 0.593. The van der Waals surface area contributed by atoms with Crippen LogP contribution in [0.3, 0.4) is 0 Å². The molecule has 4 heteroatoms. The zero-order chi connectivity index (χ0) is 18.1. The van der Waals surface area contributed by atoms with Gasteiger partial charge in [0.25, 0.3) is 0 Å². The first-order valence-corrected chi connectivity index (χ1v) is 9.71. The summed E-state index contributed by atoms with van der Waals surface area (Å²) in [7, 11) is 2.14. The highest BCUT2D eigenvalue weighted by Crippen LogP contribution is 2.41. The van der Waals surface area contributed by atoms with Gasteiger partial charge in [-0.05, 0) is 43.9 Å². The van der Waals surface area contributed by atoms with Crippen molar-refractivity contribution in [2.75, 3.05) is 7.05 Å². The Hall–Kier alpha value is -1.84. The van der Waals surface area contributed by atoms with Crippen LogP contribution in [-0.4, -0.2) is 36.1 Å². The van der Waals surface area contributed by atoms with Gasteiger partial charge in [0.1, 0.15) is 6.10 Å². The van der Waals surface area contributed by atoms with E-state index in [4.69, 9.17) is 16.3 Å². The number of esters is 1. The van der Waals surface area contributed by atoms with Gasteiger partial charge in [0, 0.05) is 12.1 Å². The van der Waals surface area contributed by atoms with Crippen molar-refractivity contribution in [2.24, 2.45) is 0 Å². The number of piperidine rings is 1. The lowest BCUT2D eigenvalue weighted by Crippen LogP contribution is -2.48. The first kappa shape index (κ1) is 17.6. The fourth-order valence-corrected chi connectivity index (χ4v) is 4.78. The molecule has 2 aromatic rings.